The molecule has 1 atom stereocenters. The minimum Gasteiger partial charge on any atom is -0.361 e. The fourth-order valence-electron chi connectivity index (χ4n) is 4.05. The molecule has 5 rings (SSSR count). The Morgan fingerprint density at radius 1 is 1.08 bits per heavy atom. The van der Waals surface area contributed by atoms with E-state index in [-0.39, 0.29) is 23.0 Å². The van der Waals surface area contributed by atoms with E-state index in [1.54, 1.807) is 35.6 Å². The first-order valence-electron chi connectivity index (χ1n) is 11.1. The van der Waals surface area contributed by atoms with E-state index in [1.807, 2.05) is 48.0 Å². The molecule has 0 saturated carbocycles. The second kappa shape index (κ2) is 10.3. The van der Waals surface area contributed by atoms with Crippen molar-refractivity contribution in [3.8, 4) is 0 Å². The topological polar surface area (TPSA) is 88.0 Å². The van der Waals surface area contributed by atoms with Crippen molar-refractivity contribution in [1.82, 2.24) is 10.3 Å². The summed E-state index contributed by atoms with van der Waals surface area (Å²) in [4.78, 5) is 29.7. The summed E-state index contributed by atoms with van der Waals surface area (Å²) in [5.74, 6) is -0.847. The molecule has 1 unspecified atom stereocenters. The van der Waals surface area contributed by atoms with E-state index in [0.29, 0.717) is 16.3 Å². The van der Waals surface area contributed by atoms with Gasteiger partial charge in [-0.25, -0.2) is 4.39 Å². The van der Waals surface area contributed by atoms with Gasteiger partial charge in [-0.15, -0.1) is 11.3 Å². The molecular weight excluding hydrogens is 497 g/mol. The minimum atomic E-state index is -0.511. The van der Waals surface area contributed by atoms with Crippen molar-refractivity contribution >= 4 is 45.6 Å². The molecule has 0 saturated heterocycles. The number of nitro benzene ring substituents is 1. The van der Waals surface area contributed by atoms with Gasteiger partial charge in [0.05, 0.1) is 9.82 Å². The van der Waals surface area contributed by atoms with Crippen molar-refractivity contribution < 1.29 is 14.1 Å². The van der Waals surface area contributed by atoms with E-state index < -0.39 is 10.8 Å². The Labute approximate surface area is 214 Å². The third-order valence-corrected chi connectivity index (χ3v) is 7.87. The lowest BCUT2D eigenvalue weighted by atomic mass is 9.96. The number of carbonyl (C=O) groups excluding carboxylic acids is 1. The van der Waals surface area contributed by atoms with E-state index in [4.69, 9.17) is 0 Å². The number of aromatic amines is 1. The molecule has 0 spiro atoms. The lowest BCUT2D eigenvalue weighted by molar-refractivity contribution is -0.387. The van der Waals surface area contributed by atoms with Crippen molar-refractivity contribution in [2.45, 2.75) is 15.7 Å². The standard InChI is InChI=1S/C27H20FN3O3S2/c28-18-8-10-19(11-9-18)36-26-12-7-17(14-24(26)31(33)34)27(32)30-16-22(25-6-3-13-35-25)21-15-29-23-5-2-1-4-20(21)23/h1-15,22,29H,16H2,(H,30,32). The molecule has 1 amide bonds. The van der Waals surface area contributed by atoms with Gasteiger partial charge in [0.25, 0.3) is 11.6 Å². The monoisotopic (exact) mass is 517 g/mol. The predicted molar refractivity (Wildman–Crippen MR) is 140 cm³/mol. The summed E-state index contributed by atoms with van der Waals surface area (Å²) in [6.07, 6.45) is 1.97. The first-order chi connectivity index (χ1) is 17.5. The van der Waals surface area contributed by atoms with Crippen LogP contribution in [0.4, 0.5) is 10.1 Å². The van der Waals surface area contributed by atoms with Gasteiger partial charge in [0.1, 0.15) is 5.82 Å². The third kappa shape index (κ3) is 5.02. The van der Waals surface area contributed by atoms with Crippen molar-refractivity contribution in [2.24, 2.45) is 0 Å². The zero-order valence-corrected chi connectivity index (χ0v) is 20.4. The minimum absolute atomic E-state index is 0.0756. The lowest BCUT2D eigenvalue weighted by Crippen LogP contribution is -2.28. The van der Waals surface area contributed by atoms with Crippen LogP contribution in [0.25, 0.3) is 10.9 Å². The van der Waals surface area contributed by atoms with Crippen LogP contribution >= 0.6 is 23.1 Å². The van der Waals surface area contributed by atoms with Gasteiger partial charge in [-0.05, 0) is 59.5 Å². The van der Waals surface area contributed by atoms with Crippen LogP contribution in [-0.4, -0.2) is 22.4 Å². The maximum absolute atomic E-state index is 13.2. The number of fused-ring (bicyclic) bond motifs is 1. The highest BCUT2D eigenvalue weighted by Gasteiger charge is 2.22. The zero-order valence-electron chi connectivity index (χ0n) is 18.8. The maximum atomic E-state index is 13.2. The average molecular weight is 518 g/mol. The van der Waals surface area contributed by atoms with E-state index in [2.05, 4.69) is 10.3 Å². The number of rotatable bonds is 8. The molecule has 0 aliphatic heterocycles. The summed E-state index contributed by atoms with van der Waals surface area (Å²) in [5.41, 5.74) is 2.12. The van der Waals surface area contributed by atoms with Gasteiger partial charge in [0.15, 0.2) is 0 Å². The van der Waals surface area contributed by atoms with Crippen LogP contribution in [0, 0.1) is 15.9 Å². The summed E-state index contributed by atoms with van der Waals surface area (Å²) in [6, 6.07) is 22.1. The van der Waals surface area contributed by atoms with Gasteiger partial charge in [0, 0.05) is 51.0 Å². The Morgan fingerprint density at radius 3 is 2.64 bits per heavy atom. The molecule has 0 radical (unpaired) electrons. The summed E-state index contributed by atoms with van der Waals surface area (Å²) >= 11 is 2.76. The molecule has 2 heterocycles. The van der Waals surface area contributed by atoms with Crippen molar-refractivity contribution in [3.05, 3.63) is 122 Å². The fraction of sp³-hybridized carbons (Fsp3) is 0.0741. The van der Waals surface area contributed by atoms with E-state index in [9.17, 15) is 19.3 Å². The molecule has 2 aromatic heterocycles. The molecule has 5 aromatic rings. The number of halogens is 1. The van der Waals surface area contributed by atoms with Gasteiger partial charge in [0.2, 0.25) is 0 Å². The van der Waals surface area contributed by atoms with Crippen molar-refractivity contribution in [3.63, 3.8) is 0 Å². The summed E-state index contributed by atoms with van der Waals surface area (Å²) in [5, 5.41) is 17.8. The maximum Gasteiger partial charge on any atom is 0.284 e. The molecule has 36 heavy (non-hydrogen) atoms. The van der Waals surface area contributed by atoms with E-state index >= 15 is 0 Å². The highest BCUT2D eigenvalue weighted by Crippen LogP contribution is 2.36. The molecular formula is C27H20FN3O3S2. The summed E-state index contributed by atoms with van der Waals surface area (Å²) < 4.78 is 13.2. The zero-order chi connectivity index (χ0) is 25.1. The molecule has 2 N–H and O–H groups in total. The first-order valence-corrected chi connectivity index (χ1v) is 12.8. The molecule has 0 aliphatic rings. The molecule has 6 nitrogen and oxygen atoms in total. The number of hydrogen-bond donors (Lipinski definition) is 2. The molecule has 0 bridgehead atoms. The van der Waals surface area contributed by atoms with E-state index in [1.165, 1.54) is 18.2 Å². The molecule has 0 aliphatic carbocycles. The second-order valence-corrected chi connectivity index (χ2v) is 10.2. The SMILES string of the molecule is O=C(NCC(c1cccs1)c1c[nH]c2ccccc12)c1ccc(Sc2ccc(F)cc2)c([N+](=O)[O-])c1. The largest absolute Gasteiger partial charge is 0.361 e. The van der Waals surface area contributed by atoms with E-state index in [0.717, 1.165) is 33.1 Å². The average Bonchev–Trinajstić information content (AvgIpc) is 3.57. The van der Waals surface area contributed by atoms with Gasteiger partial charge >= 0.3 is 0 Å². The first kappa shape index (κ1) is 23.8. The Hall–Kier alpha value is -3.95. The van der Waals surface area contributed by atoms with Gasteiger partial charge in [-0.2, -0.15) is 0 Å². The number of nitrogens with one attached hydrogen (secondary N) is 2. The highest BCUT2D eigenvalue weighted by molar-refractivity contribution is 7.99. The number of amides is 1. The van der Waals surface area contributed by atoms with Crippen LogP contribution in [-0.2, 0) is 0 Å². The quantitative estimate of drug-likeness (QED) is 0.172. The number of nitro groups is 1. The number of thiophene rings is 1. The third-order valence-electron chi connectivity index (χ3n) is 5.81. The Balaban J connectivity index is 1.37. The van der Waals surface area contributed by atoms with Crippen LogP contribution in [0.3, 0.4) is 0 Å². The fourth-order valence-corrected chi connectivity index (χ4v) is 5.80. The van der Waals surface area contributed by atoms with Crippen LogP contribution in [0.5, 0.6) is 0 Å². The molecule has 3 aromatic carbocycles. The van der Waals surface area contributed by atoms with Crippen LogP contribution in [0.15, 0.2) is 100 Å². The smallest absolute Gasteiger partial charge is 0.284 e. The Kier molecular flexibility index (Phi) is 6.84. The number of benzene rings is 3. The van der Waals surface area contributed by atoms with Crippen molar-refractivity contribution in [1.29, 1.82) is 0 Å². The van der Waals surface area contributed by atoms with Crippen LogP contribution in [0.2, 0.25) is 0 Å². The normalized spacial score (nSPS) is 11.9. The lowest BCUT2D eigenvalue weighted by Gasteiger charge is -2.16. The number of nitrogens with zero attached hydrogens (tertiary/aromatic N) is 1. The Bertz CT molecular complexity index is 1530. The second-order valence-electron chi connectivity index (χ2n) is 8.06. The number of para-hydroxylation sites is 1. The van der Waals surface area contributed by atoms with Crippen LogP contribution in [0.1, 0.15) is 26.7 Å². The van der Waals surface area contributed by atoms with Crippen molar-refractivity contribution in [2.75, 3.05) is 6.54 Å². The van der Waals surface area contributed by atoms with Gasteiger partial charge in [-0.1, -0.05) is 36.0 Å². The number of carbonyl (C=O) groups is 1. The predicted octanol–water partition coefficient (Wildman–Crippen LogP) is 6.99. The summed E-state index contributed by atoms with van der Waals surface area (Å²) in [6.45, 7) is 0.334. The highest BCUT2D eigenvalue weighted by atomic mass is 32.2. The van der Waals surface area contributed by atoms with Gasteiger partial charge in [-0.3, -0.25) is 14.9 Å². The van der Waals surface area contributed by atoms with Gasteiger partial charge < -0.3 is 10.3 Å². The molecule has 180 valence electrons. The van der Waals surface area contributed by atoms with Crippen LogP contribution < -0.4 is 5.32 Å². The number of hydrogen-bond acceptors (Lipinski definition) is 5. The molecule has 9 heteroatoms. The molecule has 0 fully saturated rings. The number of aromatic nitrogens is 1. The summed E-state index contributed by atoms with van der Waals surface area (Å²) in [7, 11) is 0. The number of H-pyrrole nitrogens is 1. The Morgan fingerprint density at radius 2 is 1.89 bits per heavy atom.